The van der Waals surface area contributed by atoms with Gasteiger partial charge in [-0.1, -0.05) is 12.8 Å². The van der Waals surface area contributed by atoms with E-state index >= 15 is 0 Å². The van der Waals surface area contributed by atoms with Crippen LogP contribution >= 0.6 is 0 Å². The van der Waals surface area contributed by atoms with Crippen molar-refractivity contribution in [1.29, 1.82) is 0 Å². The van der Waals surface area contributed by atoms with Crippen LogP contribution in [0.3, 0.4) is 0 Å². The molecule has 19 heavy (non-hydrogen) atoms. The van der Waals surface area contributed by atoms with Gasteiger partial charge in [-0.15, -0.1) is 0 Å². The molecule has 0 amide bonds. The number of nitrogen functional groups attached to an aromatic ring is 1. The Bertz CT molecular complexity index is 529. The van der Waals surface area contributed by atoms with Crippen molar-refractivity contribution < 1.29 is 0 Å². The van der Waals surface area contributed by atoms with Crippen LogP contribution in [0.1, 0.15) is 25.7 Å². The first-order chi connectivity index (χ1) is 9.33. The Morgan fingerprint density at radius 2 is 1.68 bits per heavy atom. The van der Waals surface area contributed by atoms with Crippen molar-refractivity contribution in [2.75, 3.05) is 23.7 Å². The average molecular weight is 259 g/mol. The Hall–Kier alpha value is -2.18. The van der Waals surface area contributed by atoms with Crippen molar-refractivity contribution in [3.05, 3.63) is 18.5 Å². The summed E-state index contributed by atoms with van der Waals surface area (Å²) in [5.74, 6) is 1.36. The molecule has 100 valence electrons. The summed E-state index contributed by atoms with van der Waals surface area (Å²) in [7, 11) is 0. The number of aromatic nitrogens is 5. The lowest BCUT2D eigenvalue weighted by Crippen LogP contribution is -2.27. The second-order valence-electron chi connectivity index (χ2n) is 4.65. The van der Waals surface area contributed by atoms with Gasteiger partial charge in [0.05, 0.1) is 0 Å². The molecule has 2 N–H and O–H groups in total. The molecule has 0 aromatic carbocycles. The van der Waals surface area contributed by atoms with E-state index in [1.165, 1.54) is 25.7 Å². The molecule has 0 spiro atoms. The van der Waals surface area contributed by atoms with Gasteiger partial charge in [0, 0.05) is 25.5 Å². The highest BCUT2D eigenvalue weighted by Gasteiger charge is 2.15. The molecule has 2 aromatic rings. The molecule has 3 heterocycles. The molecule has 1 aliphatic heterocycles. The molecular formula is C12H17N7. The zero-order chi connectivity index (χ0) is 13.1. The van der Waals surface area contributed by atoms with Crippen molar-refractivity contribution >= 4 is 11.9 Å². The normalized spacial score (nSPS) is 16.3. The van der Waals surface area contributed by atoms with Crippen molar-refractivity contribution in [3.8, 4) is 5.95 Å². The number of nitrogens with zero attached hydrogens (tertiary/aromatic N) is 6. The van der Waals surface area contributed by atoms with Gasteiger partial charge < -0.3 is 10.6 Å². The zero-order valence-corrected chi connectivity index (χ0v) is 10.7. The number of nitrogens with two attached hydrogens (primary N) is 1. The lowest BCUT2D eigenvalue weighted by atomic mass is 10.2. The van der Waals surface area contributed by atoms with Crippen LogP contribution in [0, 0.1) is 0 Å². The monoisotopic (exact) mass is 259 g/mol. The largest absolute Gasteiger partial charge is 0.368 e. The Morgan fingerprint density at radius 3 is 2.37 bits per heavy atom. The Balaban J connectivity index is 1.92. The highest BCUT2D eigenvalue weighted by molar-refractivity contribution is 5.37. The zero-order valence-electron chi connectivity index (χ0n) is 10.7. The summed E-state index contributed by atoms with van der Waals surface area (Å²) in [6, 6.07) is 1.82. The molecule has 0 saturated carbocycles. The molecular weight excluding hydrogens is 242 g/mol. The Labute approximate surface area is 111 Å². The maximum absolute atomic E-state index is 5.78. The van der Waals surface area contributed by atoms with Crippen molar-refractivity contribution in [1.82, 2.24) is 24.7 Å². The topological polar surface area (TPSA) is 85.8 Å². The van der Waals surface area contributed by atoms with E-state index in [-0.39, 0.29) is 5.95 Å². The first kappa shape index (κ1) is 11.9. The van der Waals surface area contributed by atoms with E-state index < -0.39 is 0 Å². The highest BCUT2D eigenvalue weighted by Crippen LogP contribution is 2.16. The molecule has 7 nitrogen and oxygen atoms in total. The van der Waals surface area contributed by atoms with Crippen LogP contribution in [0.2, 0.25) is 0 Å². The molecule has 0 atom stereocenters. The molecule has 7 heteroatoms. The minimum Gasteiger partial charge on any atom is -0.368 e. The van der Waals surface area contributed by atoms with Crippen LogP contribution in [0.15, 0.2) is 18.5 Å². The van der Waals surface area contributed by atoms with Crippen LogP contribution < -0.4 is 10.6 Å². The van der Waals surface area contributed by atoms with E-state index in [0.29, 0.717) is 11.9 Å². The number of rotatable bonds is 2. The van der Waals surface area contributed by atoms with Crippen molar-refractivity contribution in [3.63, 3.8) is 0 Å². The maximum Gasteiger partial charge on any atom is 0.257 e. The summed E-state index contributed by atoms with van der Waals surface area (Å²) in [4.78, 5) is 15.0. The van der Waals surface area contributed by atoms with E-state index in [9.17, 15) is 0 Å². The molecule has 1 aliphatic rings. The van der Waals surface area contributed by atoms with Crippen LogP contribution in [0.5, 0.6) is 0 Å². The summed E-state index contributed by atoms with van der Waals surface area (Å²) in [6.07, 6.45) is 8.35. The van der Waals surface area contributed by atoms with E-state index in [0.717, 1.165) is 13.1 Å². The first-order valence-corrected chi connectivity index (χ1v) is 6.59. The van der Waals surface area contributed by atoms with Crippen molar-refractivity contribution in [2.45, 2.75) is 25.7 Å². The van der Waals surface area contributed by atoms with Crippen molar-refractivity contribution in [2.24, 2.45) is 0 Å². The van der Waals surface area contributed by atoms with Crippen LogP contribution in [-0.2, 0) is 0 Å². The molecule has 3 rings (SSSR count). The molecule has 0 radical (unpaired) electrons. The average Bonchev–Trinajstić information content (AvgIpc) is 2.81. The SMILES string of the molecule is Nc1nc(N2CCCCCC2)nc(-n2cccn2)n1. The smallest absolute Gasteiger partial charge is 0.257 e. The predicted octanol–water partition coefficient (Wildman–Crippen LogP) is 1.02. The summed E-state index contributed by atoms with van der Waals surface area (Å²) in [5, 5.41) is 4.12. The number of hydrogen-bond donors (Lipinski definition) is 1. The van der Waals surface area contributed by atoms with Crippen LogP contribution in [0.4, 0.5) is 11.9 Å². The van der Waals surface area contributed by atoms with E-state index in [4.69, 9.17) is 5.73 Å². The second-order valence-corrected chi connectivity index (χ2v) is 4.65. The molecule has 1 saturated heterocycles. The first-order valence-electron chi connectivity index (χ1n) is 6.59. The lowest BCUT2D eigenvalue weighted by Gasteiger charge is -2.20. The van der Waals surface area contributed by atoms with Gasteiger partial charge in [0.2, 0.25) is 11.9 Å². The predicted molar refractivity (Wildman–Crippen MR) is 72.0 cm³/mol. The number of anilines is 2. The van der Waals surface area contributed by atoms with E-state index in [1.54, 1.807) is 17.1 Å². The summed E-state index contributed by atoms with van der Waals surface area (Å²) in [5.41, 5.74) is 5.78. The van der Waals surface area contributed by atoms with Crippen LogP contribution in [0.25, 0.3) is 5.95 Å². The molecule has 2 aromatic heterocycles. The summed E-state index contributed by atoms with van der Waals surface area (Å²) < 4.78 is 1.60. The van der Waals surface area contributed by atoms with Gasteiger partial charge in [0.15, 0.2) is 0 Å². The fourth-order valence-electron chi connectivity index (χ4n) is 2.27. The van der Waals surface area contributed by atoms with Gasteiger partial charge in [0.1, 0.15) is 0 Å². The summed E-state index contributed by atoms with van der Waals surface area (Å²) >= 11 is 0. The van der Waals surface area contributed by atoms with Gasteiger partial charge in [-0.05, 0) is 18.9 Å². The van der Waals surface area contributed by atoms with E-state index in [2.05, 4.69) is 25.0 Å². The molecule has 0 unspecified atom stereocenters. The quantitative estimate of drug-likeness (QED) is 0.866. The fourth-order valence-corrected chi connectivity index (χ4v) is 2.27. The third-order valence-electron chi connectivity index (χ3n) is 3.23. The van der Waals surface area contributed by atoms with E-state index in [1.807, 2.05) is 6.07 Å². The third-order valence-corrected chi connectivity index (χ3v) is 3.23. The second kappa shape index (κ2) is 5.21. The molecule has 1 fully saturated rings. The van der Waals surface area contributed by atoms with Gasteiger partial charge in [-0.25, -0.2) is 4.68 Å². The minimum atomic E-state index is 0.236. The third kappa shape index (κ3) is 2.64. The molecule has 0 bridgehead atoms. The maximum atomic E-state index is 5.78. The summed E-state index contributed by atoms with van der Waals surface area (Å²) in [6.45, 7) is 1.95. The standard InChI is InChI=1S/C12H17N7/c13-10-15-11(18-7-3-1-2-4-8-18)17-12(16-10)19-9-5-6-14-19/h5-6,9H,1-4,7-8H2,(H2,13,15,16,17). The highest BCUT2D eigenvalue weighted by atomic mass is 15.4. The Kier molecular flexibility index (Phi) is 3.26. The number of hydrogen-bond acceptors (Lipinski definition) is 6. The van der Waals surface area contributed by atoms with Crippen LogP contribution in [-0.4, -0.2) is 37.8 Å². The lowest BCUT2D eigenvalue weighted by molar-refractivity contribution is 0.726. The fraction of sp³-hybridized carbons (Fsp3) is 0.500. The van der Waals surface area contributed by atoms with Gasteiger partial charge in [-0.2, -0.15) is 20.1 Å². The Morgan fingerprint density at radius 1 is 0.947 bits per heavy atom. The minimum absolute atomic E-state index is 0.236. The molecule has 0 aliphatic carbocycles. The van der Waals surface area contributed by atoms with Gasteiger partial charge in [-0.3, -0.25) is 0 Å². The van der Waals surface area contributed by atoms with Gasteiger partial charge >= 0.3 is 0 Å². The van der Waals surface area contributed by atoms with Gasteiger partial charge in [0.25, 0.3) is 5.95 Å².